The van der Waals surface area contributed by atoms with Crippen molar-refractivity contribution in [3.05, 3.63) is 47.5 Å². The molecule has 1 aromatic rings. The summed E-state index contributed by atoms with van der Waals surface area (Å²) in [6.07, 6.45) is 4.21. The van der Waals surface area contributed by atoms with Crippen molar-refractivity contribution in [2.24, 2.45) is 5.92 Å². The second-order valence-corrected chi connectivity index (χ2v) is 10.1. The molecule has 1 aromatic carbocycles. The van der Waals surface area contributed by atoms with E-state index < -0.39 is 35.0 Å². The van der Waals surface area contributed by atoms with Gasteiger partial charge < -0.3 is 20.8 Å². The Morgan fingerprint density at radius 3 is 2.39 bits per heavy atom. The number of hydrogen-bond donors (Lipinski definition) is 5. The summed E-state index contributed by atoms with van der Waals surface area (Å²) in [6, 6.07) is 9.88. The SMILES string of the molecule is CC(C)C=C(C#N)C(=N)CCCCC(NS(C)(=O)=O)C(=O)N[C@@H](Cc1ccccc1)B(O)O. The van der Waals surface area contributed by atoms with Crippen LogP contribution in [0.1, 0.15) is 45.1 Å². The van der Waals surface area contributed by atoms with E-state index in [-0.39, 0.29) is 24.5 Å². The Bertz CT molecular complexity index is 959. The lowest BCUT2D eigenvalue weighted by atomic mass is 9.75. The van der Waals surface area contributed by atoms with Crippen molar-refractivity contribution in [1.29, 1.82) is 10.7 Å². The molecule has 0 aliphatic rings. The van der Waals surface area contributed by atoms with Crippen LogP contribution in [0.4, 0.5) is 0 Å². The summed E-state index contributed by atoms with van der Waals surface area (Å²) in [4.78, 5) is 12.8. The molecule has 33 heavy (non-hydrogen) atoms. The standard InChI is InChI=1S/C22H33BN4O5S/c1-16(2)13-18(15-24)19(25)11-7-8-12-20(27-33(3,31)32)22(28)26-21(23(29)30)14-17-9-5-4-6-10-17/h4-6,9-10,13,16,20-21,25,27,29-30H,7-8,11-12,14H2,1-3H3,(H,26,28)/t20?,21-/m0/s1. The molecule has 0 aliphatic carbocycles. The highest BCUT2D eigenvalue weighted by Gasteiger charge is 2.29. The van der Waals surface area contributed by atoms with E-state index in [4.69, 9.17) is 5.41 Å². The molecule has 0 saturated carbocycles. The van der Waals surface area contributed by atoms with Crippen LogP contribution in [-0.2, 0) is 21.2 Å². The summed E-state index contributed by atoms with van der Waals surface area (Å²) >= 11 is 0. The molecule has 1 amide bonds. The Balaban J connectivity index is 2.76. The number of nitrogens with zero attached hydrogens (tertiary/aromatic N) is 1. The van der Waals surface area contributed by atoms with Crippen molar-refractivity contribution in [1.82, 2.24) is 10.0 Å². The van der Waals surface area contributed by atoms with Crippen molar-refractivity contribution >= 4 is 28.8 Å². The van der Waals surface area contributed by atoms with Gasteiger partial charge in [0.15, 0.2) is 0 Å². The summed E-state index contributed by atoms with van der Waals surface area (Å²) < 4.78 is 25.8. The smallest absolute Gasteiger partial charge is 0.426 e. The number of carbonyl (C=O) groups excluding carboxylic acids is 1. The van der Waals surface area contributed by atoms with Gasteiger partial charge in [-0.05, 0) is 37.2 Å². The van der Waals surface area contributed by atoms with Crippen LogP contribution in [0.2, 0.25) is 0 Å². The van der Waals surface area contributed by atoms with Crippen molar-refractivity contribution in [2.45, 2.75) is 57.9 Å². The highest BCUT2D eigenvalue weighted by molar-refractivity contribution is 7.88. The Kier molecular flexibility index (Phi) is 12.0. The van der Waals surface area contributed by atoms with Gasteiger partial charge in [0.1, 0.15) is 12.1 Å². The lowest BCUT2D eigenvalue weighted by molar-refractivity contribution is -0.123. The second-order valence-electron chi connectivity index (χ2n) is 8.32. The van der Waals surface area contributed by atoms with E-state index >= 15 is 0 Å². The van der Waals surface area contributed by atoms with Crippen LogP contribution < -0.4 is 10.0 Å². The van der Waals surface area contributed by atoms with Crippen molar-refractivity contribution < 1.29 is 23.3 Å². The molecular formula is C22H33BN4O5S. The number of allylic oxidation sites excluding steroid dienone is 2. The van der Waals surface area contributed by atoms with Gasteiger partial charge in [-0.25, -0.2) is 13.1 Å². The van der Waals surface area contributed by atoms with Crippen LogP contribution in [0.25, 0.3) is 0 Å². The third kappa shape index (κ3) is 11.8. The molecule has 1 unspecified atom stereocenters. The largest absolute Gasteiger partial charge is 0.475 e. The van der Waals surface area contributed by atoms with E-state index in [0.29, 0.717) is 24.8 Å². The number of unbranched alkanes of at least 4 members (excludes halogenated alkanes) is 1. The monoisotopic (exact) mass is 476 g/mol. The molecule has 0 spiro atoms. The first-order valence-corrected chi connectivity index (χ1v) is 12.7. The molecule has 9 nitrogen and oxygen atoms in total. The Morgan fingerprint density at radius 2 is 1.88 bits per heavy atom. The number of nitrogens with one attached hydrogen (secondary N) is 3. The molecule has 1 rings (SSSR count). The van der Waals surface area contributed by atoms with Gasteiger partial charge in [-0.2, -0.15) is 5.26 Å². The highest BCUT2D eigenvalue weighted by atomic mass is 32.2. The summed E-state index contributed by atoms with van der Waals surface area (Å²) in [7, 11) is -5.53. The van der Waals surface area contributed by atoms with Crippen molar-refractivity contribution in [3.8, 4) is 6.07 Å². The Morgan fingerprint density at radius 1 is 1.24 bits per heavy atom. The molecule has 0 saturated heterocycles. The Labute approximate surface area is 196 Å². The first-order chi connectivity index (χ1) is 15.4. The van der Waals surface area contributed by atoms with Gasteiger partial charge in [0.25, 0.3) is 0 Å². The average Bonchev–Trinajstić information content (AvgIpc) is 2.73. The lowest BCUT2D eigenvalue weighted by Crippen LogP contribution is -2.54. The molecule has 0 aliphatic heterocycles. The number of rotatable bonds is 14. The predicted octanol–water partition coefficient (Wildman–Crippen LogP) is 1.33. The first kappa shape index (κ1) is 28.5. The number of sulfonamides is 1. The number of amides is 1. The maximum Gasteiger partial charge on any atom is 0.475 e. The van der Waals surface area contributed by atoms with Crippen LogP contribution in [-0.4, -0.2) is 55.4 Å². The van der Waals surface area contributed by atoms with Gasteiger partial charge in [-0.15, -0.1) is 0 Å². The average molecular weight is 476 g/mol. The molecule has 0 aromatic heterocycles. The van der Waals surface area contributed by atoms with Crippen LogP contribution in [0.3, 0.4) is 0 Å². The second kappa shape index (κ2) is 13.9. The highest BCUT2D eigenvalue weighted by Crippen LogP contribution is 2.12. The Hall–Kier alpha value is -2.52. The number of benzene rings is 1. The number of hydrogen-bond acceptors (Lipinski definition) is 7. The van der Waals surface area contributed by atoms with E-state index in [2.05, 4.69) is 10.0 Å². The lowest BCUT2D eigenvalue weighted by Gasteiger charge is -2.23. The quantitative estimate of drug-likeness (QED) is 0.118. The minimum Gasteiger partial charge on any atom is -0.426 e. The molecule has 180 valence electrons. The summed E-state index contributed by atoms with van der Waals surface area (Å²) in [5, 5.41) is 39.2. The zero-order chi connectivity index (χ0) is 25.0. The summed E-state index contributed by atoms with van der Waals surface area (Å²) in [6.45, 7) is 3.83. The molecule has 2 atom stereocenters. The molecular weight excluding hydrogens is 443 g/mol. The zero-order valence-corrected chi connectivity index (χ0v) is 20.1. The van der Waals surface area contributed by atoms with Crippen LogP contribution in [0.5, 0.6) is 0 Å². The predicted molar refractivity (Wildman–Crippen MR) is 129 cm³/mol. The van der Waals surface area contributed by atoms with Gasteiger partial charge in [-0.1, -0.05) is 56.7 Å². The van der Waals surface area contributed by atoms with Crippen molar-refractivity contribution in [2.75, 3.05) is 6.26 Å². The fourth-order valence-electron chi connectivity index (χ4n) is 3.21. The van der Waals surface area contributed by atoms with Gasteiger partial charge in [-0.3, -0.25) is 4.79 Å². The van der Waals surface area contributed by atoms with Gasteiger partial charge in [0.2, 0.25) is 15.9 Å². The molecule has 5 N–H and O–H groups in total. The van der Waals surface area contributed by atoms with Crippen molar-refractivity contribution in [3.63, 3.8) is 0 Å². The summed E-state index contributed by atoms with van der Waals surface area (Å²) in [5.74, 6) is -1.55. The summed E-state index contributed by atoms with van der Waals surface area (Å²) in [5.41, 5.74) is 1.30. The fourth-order valence-corrected chi connectivity index (χ4v) is 3.95. The zero-order valence-electron chi connectivity index (χ0n) is 19.3. The van der Waals surface area contributed by atoms with E-state index in [1.165, 1.54) is 0 Å². The fraction of sp³-hybridized carbons (Fsp3) is 0.500. The van der Waals surface area contributed by atoms with E-state index in [1.807, 2.05) is 26.0 Å². The minimum atomic E-state index is -3.70. The normalized spacial score (nSPS) is 13.8. The van der Waals surface area contributed by atoms with Crippen LogP contribution >= 0.6 is 0 Å². The maximum atomic E-state index is 12.8. The topological polar surface area (TPSA) is 163 Å². The molecule has 0 fully saturated rings. The molecule has 0 heterocycles. The van der Waals surface area contributed by atoms with Gasteiger partial charge >= 0.3 is 7.12 Å². The van der Waals surface area contributed by atoms with E-state index in [1.54, 1.807) is 30.3 Å². The third-order valence-corrected chi connectivity index (χ3v) is 5.49. The van der Waals surface area contributed by atoms with Crippen LogP contribution in [0.15, 0.2) is 42.0 Å². The van der Waals surface area contributed by atoms with Gasteiger partial charge in [0, 0.05) is 5.71 Å². The minimum absolute atomic E-state index is 0.137. The third-order valence-electron chi connectivity index (χ3n) is 4.77. The molecule has 0 bridgehead atoms. The van der Waals surface area contributed by atoms with E-state index in [0.717, 1.165) is 11.8 Å². The number of carbonyl (C=O) groups is 1. The molecule has 0 radical (unpaired) electrons. The van der Waals surface area contributed by atoms with E-state index in [9.17, 15) is 28.5 Å². The number of nitriles is 1. The maximum absolute atomic E-state index is 12.8. The van der Waals surface area contributed by atoms with Gasteiger partial charge in [0.05, 0.1) is 17.8 Å². The molecule has 11 heteroatoms. The van der Waals surface area contributed by atoms with Crippen LogP contribution in [0, 0.1) is 22.7 Å². The first-order valence-electron chi connectivity index (χ1n) is 10.8.